The minimum atomic E-state index is 0.498. The van der Waals surface area contributed by atoms with Crippen LogP contribution in [-0.2, 0) is 0 Å². The molecule has 1 N–H and O–H groups in total. The summed E-state index contributed by atoms with van der Waals surface area (Å²) < 4.78 is 0. The van der Waals surface area contributed by atoms with Gasteiger partial charge in [-0.25, -0.2) is 0 Å². The summed E-state index contributed by atoms with van der Waals surface area (Å²) in [6.45, 7) is 5.11. The molecular formula is C11H14N2S. The summed E-state index contributed by atoms with van der Waals surface area (Å²) in [5.41, 5.74) is 2.57. The quantitative estimate of drug-likeness (QED) is 0.762. The normalized spacial score (nSPS) is 23.0. The Morgan fingerprint density at radius 3 is 3.00 bits per heavy atom. The van der Waals surface area contributed by atoms with Gasteiger partial charge in [-0.05, 0) is 25.5 Å². The van der Waals surface area contributed by atoms with E-state index in [1.165, 1.54) is 11.3 Å². The molecular weight excluding hydrogens is 192 g/mol. The zero-order chi connectivity index (χ0) is 9.97. The summed E-state index contributed by atoms with van der Waals surface area (Å²) >= 11 is 1.79. The van der Waals surface area contributed by atoms with Crippen molar-refractivity contribution in [1.82, 2.24) is 0 Å². The van der Waals surface area contributed by atoms with Crippen LogP contribution in [0, 0.1) is 0 Å². The topological polar surface area (TPSA) is 24.4 Å². The first-order valence-corrected chi connectivity index (χ1v) is 5.76. The maximum atomic E-state index is 4.40. The van der Waals surface area contributed by atoms with E-state index in [2.05, 4.69) is 48.4 Å². The molecule has 1 atom stereocenters. The number of amidine groups is 1. The van der Waals surface area contributed by atoms with Gasteiger partial charge in [0.25, 0.3) is 0 Å². The molecule has 0 bridgehead atoms. The number of rotatable bonds is 1. The number of nitrogens with zero attached hydrogens (tertiary/aromatic N) is 1. The highest BCUT2D eigenvalue weighted by molar-refractivity contribution is 8.14. The van der Waals surface area contributed by atoms with Crippen molar-refractivity contribution < 1.29 is 0 Å². The number of para-hydroxylation sites is 1. The zero-order valence-corrected chi connectivity index (χ0v) is 9.27. The van der Waals surface area contributed by atoms with E-state index in [-0.39, 0.29) is 0 Å². The second-order valence-electron chi connectivity index (χ2n) is 3.25. The van der Waals surface area contributed by atoms with Gasteiger partial charge in [-0.15, -0.1) is 0 Å². The second-order valence-corrected chi connectivity index (χ2v) is 4.58. The Morgan fingerprint density at radius 1 is 1.43 bits per heavy atom. The minimum Gasteiger partial charge on any atom is -0.335 e. The van der Waals surface area contributed by atoms with Crippen molar-refractivity contribution in [2.24, 2.45) is 4.99 Å². The molecule has 1 aliphatic rings. The summed E-state index contributed by atoms with van der Waals surface area (Å²) in [5, 5.41) is 4.88. The predicted octanol–water partition coefficient (Wildman–Crippen LogP) is 3.28. The molecule has 0 saturated carbocycles. The van der Waals surface area contributed by atoms with Gasteiger partial charge in [-0.2, -0.15) is 0 Å². The molecule has 2 rings (SSSR count). The molecule has 0 aliphatic carbocycles. The average Bonchev–Trinajstić information content (AvgIpc) is 2.18. The third-order valence-electron chi connectivity index (χ3n) is 2.23. The van der Waals surface area contributed by atoms with E-state index in [1.807, 2.05) is 0 Å². The highest BCUT2D eigenvalue weighted by atomic mass is 32.2. The van der Waals surface area contributed by atoms with Gasteiger partial charge in [0.05, 0.1) is 0 Å². The molecule has 1 heterocycles. The minimum absolute atomic E-state index is 0.498. The molecule has 1 aromatic rings. The Balaban J connectivity index is 2.33. The largest absolute Gasteiger partial charge is 0.335 e. The van der Waals surface area contributed by atoms with Crippen molar-refractivity contribution >= 4 is 22.6 Å². The van der Waals surface area contributed by atoms with Gasteiger partial charge < -0.3 is 5.32 Å². The van der Waals surface area contributed by atoms with E-state index in [0.717, 1.165) is 11.7 Å². The molecule has 1 unspecified atom stereocenters. The molecule has 0 aromatic heterocycles. The first kappa shape index (κ1) is 9.59. The van der Waals surface area contributed by atoms with E-state index in [4.69, 9.17) is 0 Å². The lowest BCUT2D eigenvalue weighted by Crippen LogP contribution is -2.16. The van der Waals surface area contributed by atoms with Gasteiger partial charge in [0.2, 0.25) is 0 Å². The van der Waals surface area contributed by atoms with Crippen LogP contribution in [0.1, 0.15) is 24.7 Å². The van der Waals surface area contributed by atoms with Gasteiger partial charge in [0.15, 0.2) is 5.17 Å². The SMILES string of the molecule is CCN=C1Nc2ccccc2C(C)S1. The fraction of sp³-hybridized carbons (Fsp3) is 0.364. The standard InChI is InChI=1S/C11H14N2S/c1-3-12-11-13-10-7-5-4-6-9(10)8(2)14-11/h4-8H,3H2,1-2H3,(H,12,13). The molecule has 0 amide bonds. The van der Waals surface area contributed by atoms with Crippen LogP contribution in [-0.4, -0.2) is 11.7 Å². The van der Waals surface area contributed by atoms with Crippen molar-refractivity contribution in [3.05, 3.63) is 29.8 Å². The first-order valence-electron chi connectivity index (χ1n) is 4.88. The molecule has 1 aromatic carbocycles. The molecule has 0 radical (unpaired) electrons. The maximum absolute atomic E-state index is 4.40. The van der Waals surface area contributed by atoms with Crippen LogP contribution in [0.5, 0.6) is 0 Å². The fourth-order valence-corrected chi connectivity index (χ4v) is 2.60. The number of anilines is 1. The van der Waals surface area contributed by atoms with E-state index >= 15 is 0 Å². The third kappa shape index (κ3) is 1.77. The fourth-order valence-electron chi connectivity index (χ4n) is 1.56. The number of nitrogens with one attached hydrogen (secondary N) is 1. The molecule has 74 valence electrons. The van der Waals surface area contributed by atoms with Crippen LogP contribution in [0.3, 0.4) is 0 Å². The van der Waals surface area contributed by atoms with E-state index in [9.17, 15) is 0 Å². The highest BCUT2D eigenvalue weighted by Gasteiger charge is 2.19. The molecule has 2 nitrogen and oxygen atoms in total. The van der Waals surface area contributed by atoms with Gasteiger partial charge in [0, 0.05) is 17.5 Å². The van der Waals surface area contributed by atoms with Crippen LogP contribution in [0.2, 0.25) is 0 Å². The lowest BCUT2D eigenvalue weighted by Gasteiger charge is -2.24. The van der Waals surface area contributed by atoms with Gasteiger partial charge in [-0.1, -0.05) is 30.0 Å². The summed E-state index contributed by atoms with van der Waals surface area (Å²) in [7, 11) is 0. The van der Waals surface area contributed by atoms with Crippen LogP contribution in [0.25, 0.3) is 0 Å². The Hall–Kier alpha value is -0.960. The number of hydrogen-bond acceptors (Lipinski definition) is 2. The second kappa shape index (κ2) is 4.05. The van der Waals surface area contributed by atoms with E-state index in [1.54, 1.807) is 11.8 Å². The van der Waals surface area contributed by atoms with Crippen molar-refractivity contribution in [2.45, 2.75) is 19.1 Å². The number of hydrogen-bond donors (Lipinski definition) is 1. The molecule has 1 aliphatic heterocycles. The van der Waals surface area contributed by atoms with E-state index in [0.29, 0.717) is 5.25 Å². The Morgan fingerprint density at radius 2 is 2.21 bits per heavy atom. The van der Waals surface area contributed by atoms with Crippen LogP contribution < -0.4 is 5.32 Å². The van der Waals surface area contributed by atoms with Crippen LogP contribution in [0.15, 0.2) is 29.3 Å². The summed E-state index contributed by atoms with van der Waals surface area (Å²) in [6.07, 6.45) is 0. The summed E-state index contributed by atoms with van der Waals surface area (Å²) in [4.78, 5) is 4.40. The van der Waals surface area contributed by atoms with Crippen LogP contribution >= 0.6 is 11.8 Å². The Labute approximate surface area is 88.8 Å². The Bertz CT molecular complexity index is 360. The number of thioether (sulfide) groups is 1. The van der Waals surface area contributed by atoms with Gasteiger partial charge in [0.1, 0.15) is 0 Å². The number of benzene rings is 1. The number of fused-ring (bicyclic) bond motifs is 1. The lowest BCUT2D eigenvalue weighted by atomic mass is 10.1. The van der Waals surface area contributed by atoms with Gasteiger partial charge in [-0.3, -0.25) is 4.99 Å². The average molecular weight is 206 g/mol. The van der Waals surface area contributed by atoms with Crippen molar-refractivity contribution in [3.8, 4) is 0 Å². The van der Waals surface area contributed by atoms with Crippen molar-refractivity contribution in [2.75, 3.05) is 11.9 Å². The third-order valence-corrected chi connectivity index (χ3v) is 3.29. The number of aliphatic imine (C=N–C) groups is 1. The zero-order valence-electron chi connectivity index (χ0n) is 8.45. The van der Waals surface area contributed by atoms with Gasteiger partial charge >= 0.3 is 0 Å². The molecule has 0 saturated heterocycles. The first-order chi connectivity index (χ1) is 6.81. The molecule has 3 heteroatoms. The van der Waals surface area contributed by atoms with E-state index < -0.39 is 0 Å². The highest BCUT2D eigenvalue weighted by Crippen LogP contribution is 2.38. The summed E-state index contributed by atoms with van der Waals surface area (Å²) in [5.74, 6) is 0. The van der Waals surface area contributed by atoms with Crippen molar-refractivity contribution in [1.29, 1.82) is 0 Å². The van der Waals surface area contributed by atoms with Crippen LogP contribution in [0.4, 0.5) is 5.69 Å². The van der Waals surface area contributed by atoms with Crippen molar-refractivity contribution in [3.63, 3.8) is 0 Å². The maximum Gasteiger partial charge on any atom is 0.161 e. The lowest BCUT2D eigenvalue weighted by molar-refractivity contribution is 1.09. The predicted molar refractivity (Wildman–Crippen MR) is 64.0 cm³/mol. The molecule has 0 fully saturated rings. The molecule has 14 heavy (non-hydrogen) atoms. The molecule has 0 spiro atoms. The monoisotopic (exact) mass is 206 g/mol. The Kier molecular flexibility index (Phi) is 2.77. The summed E-state index contributed by atoms with van der Waals surface area (Å²) in [6, 6.07) is 8.41. The smallest absolute Gasteiger partial charge is 0.161 e.